The maximum absolute atomic E-state index is 12.8. The highest BCUT2D eigenvalue weighted by Crippen LogP contribution is 2.32. The lowest BCUT2D eigenvalue weighted by Crippen LogP contribution is -2.28. The molecule has 0 N–H and O–H groups in total. The van der Waals surface area contributed by atoms with Crippen LogP contribution in [0.5, 0.6) is 0 Å². The Morgan fingerprint density at radius 1 is 1.27 bits per heavy atom. The van der Waals surface area contributed by atoms with E-state index in [1.54, 1.807) is 6.20 Å². The van der Waals surface area contributed by atoms with Gasteiger partial charge in [-0.3, -0.25) is 4.79 Å². The summed E-state index contributed by atoms with van der Waals surface area (Å²) in [5.41, 5.74) is 5.55. The summed E-state index contributed by atoms with van der Waals surface area (Å²) in [7, 11) is 0. The van der Waals surface area contributed by atoms with E-state index in [1.165, 1.54) is 28.0 Å². The number of thiazole rings is 1. The molecule has 0 saturated heterocycles. The summed E-state index contributed by atoms with van der Waals surface area (Å²) < 4.78 is 0. The van der Waals surface area contributed by atoms with Crippen LogP contribution in [0.15, 0.2) is 30.5 Å². The first-order valence-electron chi connectivity index (χ1n) is 7.27. The zero-order chi connectivity index (χ0) is 15.3. The largest absolute Gasteiger partial charge is 0.306 e. The second-order valence-electron chi connectivity index (χ2n) is 5.62. The third-order valence-electron chi connectivity index (χ3n) is 4.19. The second kappa shape index (κ2) is 4.88. The quantitative estimate of drug-likeness (QED) is 0.691. The molecule has 3 aromatic rings. The van der Waals surface area contributed by atoms with Gasteiger partial charge in [0.2, 0.25) is 0 Å². The van der Waals surface area contributed by atoms with E-state index < -0.39 is 0 Å². The minimum absolute atomic E-state index is 0.0231. The van der Waals surface area contributed by atoms with E-state index in [0.29, 0.717) is 5.01 Å². The number of rotatable bonds is 1. The molecule has 0 aliphatic carbocycles. The molecule has 22 heavy (non-hydrogen) atoms. The van der Waals surface area contributed by atoms with Crippen LogP contribution in [0.2, 0.25) is 0 Å². The van der Waals surface area contributed by atoms with Gasteiger partial charge in [0.05, 0.1) is 0 Å². The molecule has 110 valence electrons. The molecule has 5 heteroatoms. The van der Waals surface area contributed by atoms with Crippen molar-refractivity contribution < 1.29 is 4.79 Å². The Morgan fingerprint density at radius 3 is 2.91 bits per heavy atom. The normalized spacial score (nSPS) is 13.6. The number of fused-ring (bicyclic) bond motifs is 2. The molecule has 0 radical (unpaired) electrons. The van der Waals surface area contributed by atoms with Crippen LogP contribution < -0.4 is 4.90 Å². The summed E-state index contributed by atoms with van der Waals surface area (Å²) >= 11 is 1.36. The lowest BCUT2D eigenvalue weighted by Gasteiger charge is -2.16. The Labute approximate surface area is 132 Å². The lowest BCUT2D eigenvalue weighted by molar-refractivity contribution is 0.0989. The van der Waals surface area contributed by atoms with Crippen LogP contribution in [-0.2, 0) is 6.42 Å². The van der Waals surface area contributed by atoms with Gasteiger partial charge in [-0.1, -0.05) is 17.4 Å². The smallest absolute Gasteiger partial charge is 0.287 e. The fraction of sp³-hybridized carbons (Fsp3) is 0.235. The third-order valence-corrected chi connectivity index (χ3v) is 5.15. The zero-order valence-corrected chi connectivity index (χ0v) is 13.3. The highest BCUT2D eigenvalue weighted by Gasteiger charge is 2.28. The van der Waals surface area contributed by atoms with Crippen LogP contribution in [-0.4, -0.2) is 22.4 Å². The fourth-order valence-electron chi connectivity index (χ4n) is 2.85. The molecular weight excluding hydrogens is 294 g/mol. The molecule has 4 nitrogen and oxygen atoms in total. The van der Waals surface area contributed by atoms with Gasteiger partial charge in [-0.2, -0.15) is 0 Å². The average molecular weight is 309 g/mol. The van der Waals surface area contributed by atoms with Crippen molar-refractivity contribution in [2.45, 2.75) is 20.3 Å². The van der Waals surface area contributed by atoms with Crippen LogP contribution in [0.3, 0.4) is 0 Å². The van der Waals surface area contributed by atoms with Crippen LogP contribution in [0.4, 0.5) is 5.69 Å². The molecule has 0 saturated carbocycles. The number of pyridine rings is 1. The van der Waals surface area contributed by atoms with Crippen molar-refractivity contribution in [1.82, 2.24) is 9.97 Å². The van der Waals surface area contributed by atoms with Crippen LogP contribution in [0.25, 0.3) is 10.3 Å². The van der Waals surface area contributed by atoms with Gasteiger partial charge in [-0.05, 0) is 55.2 Å². The highest BCUT2D eigenvalue weighted by molar-refractivity contribution is 7.20. The van der Waals surface area contributed by atoms with E-state index in [9.17, 15) is 4.79 Å². The van der Waals surface area contributed by atoms with Crippen molar-refractivity contribution >= 4 is 33.3 Å². The number of carbonyl (C=O) groups is 1. The van der Waals surface area contributed by atoms with Gasteiger partial charge < -0.3 is 4.90 Å². The van der Waals surface area contributed by atoms with Crippen LogP contribution in [0, 0.1) is 13.8 Å². The van der Waals surface area contributed by atoms with Crippen molar-refractivity contribution in [2.24, 2.45) is 0 Å². The summed E-state index contributed by atoms with van der Waals surface area (Å²) in [6.45, 7) is 4.91. The molecule has 4 rings (SSSR count). The topological polar surface area (TPSA) is 46.1 Å². The number of aryl methyl sites for hydroxylation is 2. The minimum atomic E-state index is -0.0231. The number of benzene rings is 1. The Kier molecular flexibility index (Phi) is 2.97. The molecule has 2 aromatic heterocycles. The van der Waals surface area contributed by atoms with Crippen molar-refractivity contribution in [3.05, 3.63) is 52.2 Å². The summed E-state index contributed by atoms with van der Waals surface area (Å²) in [4.78, 5) is 24.2. The number of amides is 1. The maximum Gasteiger partial charge on any atom is 0.287 e. The van der Waals surface area contributed by atoms with Crippen molar-refractivity contribution in [3.63, 3.8) is 0 Å². The van der Waals surface area contributed by atoms with E-state index in [1.807, 2.05) is 17.0 Å². The van der Waals surface area contributed by atoms with Gasteiger partial charge in [0.15, 0.2) is 5.01 Å². The maximum atomic E-state index is 12.8. The van der Waals surface area contributed by atoms with Crippen molar-refractivity contribution in [2.75, 3.05) is 11.4 Å². The minimum Gasteiger partial charge on any atom is -0.306 e. The highest BCUT2D eigenvalue weighted by atomic mass is 32.1. The molecule has 0 fully saturated rings. The first-order valence-corrected chi connectivity index (χ1v) is 8.08. The number of nitrogens with zero attached hydrogens (tertiary/aromatic N) is 3. The van der Waals surface area contributed by atoms with Crippen LogP contribution >= 0.6 is 11.3 Å². The predicted octanol–water partition coefficient (Wildman–Crippen LogP) is 3.51. The lowest BCUT2D eigenvalue weighted by atomic mass is 10.0. The fourth-order valence-corrected chi connectivity index (χ4v) is 3.71. The van der Waals surface area contributed by atoms with Gasteiger partial charge in [-0.15, -0.1) is 0 Å². The third kappa shape index (κ3) is 2.01. The zero-order valence-electron chi connectivity index (χ0n) is 12.5. The number of hydrogen-bond donors (Lipinski definition) is 0. The molecule has 0 spiro atoms. The molecule has 0 bridgehead atoms. The first-order chi connectivity index (χ1) is 10.6. The summed E-state index contributed by atoms with van der Waals surface area (Å²) in [5.74, 6) is -0.0231. The van der Waals surface area contributed by atoms with E-state index in [-0.39, 0.29) is 5.91 Å². The van der Waals surface area contributed by atoms with E-state index in [0.717, 1.165) is 29.0 Å². The number of aromatic nitrogens is 2. The van der Waals surface area contributed by atoms with Gasteiger partial charge in [0, 0.05) is 18.4 Å². The van der Waals surface area contributed by atoms with E-state index in [2.05, 4.69) is 35.9 Å². The second-order valence-corrected chi connectivity index (χ2v) is 6.60. The Bertz CT molecular complexity index is 867. The van der Waals surface area contributed by atoms with Gasteiger partial charge in [0.25, 0.3) is 5.91 Å². The molecule has 1 aliphatic rings. The summed E-state index contributed by atoms with van der Waals surface area (Å²) in [6, 6.07) is 8.04. The Morgan fingerprint density at radius 2 is 2.09 bits per heavy atom. The molecule has 0 atom stereocenters. The van der Waals surface area contributed by atoms with E-state index >= 15 is 0 Å². The Balaban J connectivity index is 1.74. The summed E-state index contributed by atoms with van der Waals surface area (Å²) in [5, 5.41) is 0.514. The standard InChI is InChI=1S/C17H15N3OS/c1-10-8-12-5-7-20(14(12)9-11(10)2)17(21)16-19-13-4-3-6-18-15(13)22-16/h3-4,6,8-9H,5,7H2,1-2H3. The number of carbonyl (C=O) groups excluding carboxylic acids is 1. The molecule has 1 amide bonds. The molecule has 3 heterocycles. The predicted molar refractivity (Wildman–Crippen MR) is 88.7 cm³/mol. The SMILES string of the molecule is Cc1cc2c(cc1C)N(C(=O)c1nc3cccnc3s1)CC2. The first kappa shape index (κ1) is 13.4. The molecular formula is C17H15N3OS. The van der Waals surface area contributed by atoms with Crippen molar-refractivity contribution in [3.8, 4) is 0 Å². The van der Waals surface area contributed by atoms with Gasteiger partial charge >= 0.3 is 0 Å². The average Bonchev–Trinajstić information content (AvgIpc) is 3.11. The molecule has 0 unspecified atom stereocenters. The van der Waals surface area contributed by atoms with Gasteiger partial charge in [-0.25, -0.2) is 9.97 Å². The molecule has 1 aliphatic heterocycles. The van der Waals surface area contributed by atoms with Crippen molar-refractivity contribution in [1.29, 1.82) is 0 Å². The number of anilines is 1. The van der Waals surface area contributed by atoms with Gasteiger partial charge in [0.1, 0.15) is 10.3 Å². The summed E-state index contributed by atoms with van der Waals surface area (Å²) in [6.07, 6.45) is 2.64. The molecule has 1 aromatic carbocycles. The monoisotopic (exact) mass is 309 g/mol. The van der Waals surface area contributed by atoms with Crippen LogP contribution in [0.1, 0.15) is 26.5 Å². The van der Waals surface area contributed by atoms with E-state index in [4.69, 9.17) is 0 Å². The Hall–Kier alpha value is -2.27. The number of hydrogen-bond acceptors (Lipinski definition) is 4.